The van der Waals surface area contributed by atoms with Crippen LogP contribution in [0.1, 0.15) is 76.0 Å². The first-order valence-corrected chi connectivity index (χ1v) is 11.5. The Morgan fingerprint density at radius 1 is 1.16 bits per heavy atom. The highest BCUT2D eigenvalue weighted by Crippen LogP contribution is 2.35. The number of rotatable bonds is 8. The van der Waals surface area contributed by atoms with Crippen molar-refractivity contribution < 1.29 is 9.90 Å². The SMILES string of the molecule is CCCc1nc(CC(C)C)c(CN(C(=O)O)C(C)(C)C)c(-c2ccc(C)cc2)c1CC#N. The maximum absolute atomic E-state index is 12.2. The molecule has 0 unspecified atom stereocenters. The van der Waals surface area contributed by atoms with E-state index in [2.05, 4.69) is 51.1 Å². The van der Waals surface area contributed by atoms with Crippen LogP contribution >= 0.6 is 0 Å². The predicted molar refractivity (Wildman–Crippen MR) is 130 cm³/mol. The van der Waals surface area contributed by atoms with E-state index in [1.165, 1.54) is 4.90 Å². The first kappa shape index (κ1) is 25.4. The molecule has 32 heavy (non-hydrogen) atoms. The van der Waals surface area contributed by atoms with Gasteiger partial charge in [-0.1, -0.05) is 57.0 Å². The van der Waals surface area contributed by atoms with Crippen LogP contribution in [0.4, 0.5) is 4.79 Å². The van der Waals surface area contributed by atoms with Crippen molar-refractivity contribution in [3.05, 3.63) is 52.3 Å². The Labute approximate surface area is 193 Å². The van der Waals surface area contributed by atoms with Crippen molar-refractivity contribution in [1.82, 2.24) is 9.88 Å². The van der Waals surface area contributed by atoms with E-state index in [4.69, 9.17) is 4.98 Å². The minimum atomic E-state index is -0.956. The molecule has 0 saturated carbocycles. The van der Waals surface area contributed by atoms with E-state index in [0.717, 1.165) is 58.5 Å². The van der Waals surface area contributed by atoms with Crippen LogP contribution in [-0.2, 0) is 25.8 Å². The second-order valence-corrected chi connectivity index (χ2v) is 9.93. The van der Waals surface area contributed by atoms with Gasteiger partial charge in [-0.3, -0.25) is 9.88 Å². The smallest absolute Gasteiger partial charge is 0.408 e. The fourth-order valence-corrected chi connectivity index (χ4v) is 4.03. The van der Waals surface area contributed by atoms with E-state index in [1.54, 1.807) is 0 Å². The number of aromatic nitrogens is 1. The molecule has 1 aromatic carbocycles. The molecule has 0 aliphatic carbocycles. The summed E-state index contributed by atoms with van der Waals surface area (Å²) in [5, 5.41) is 19.7. The van der Waals surface area contributed by atoms with Gasteiger partial charge in [0, 0.05) is 22.5 Å². The zero-order valence-electron chi connectivity index (χ0n) is 20.6. The zero-order valence-corrected chi connectivity index (χ0v) is 20.6. The minimum absolute atomic E-state index is 0.238. The Morgan fingerprint density at radius 3 is 2.25 bits per heavy atom. The maximum Gasteiger partial charge on any atom is 0.408 e. The van der Waals surface area contributed by atoms with Crippen LogP contribution in [0.2, 0.25) is 0 Å². The molecule has 5 nitrogen and oxygen atoms in total. The molecule has 0 bridgehead atoms. The molecule has 0 fully saturated rings. The Hall–Kier alpha value is -2.87. The molecule has 2 aromatic rings. The number of amides is 1. The predicted octanol–water partition coefficient (Wildman–Crippen LogP) is 6.55. The second-order valence-electron chi connectivity index (χ2n) is 9.93. The normalized spacial score (nSPS) is 11.5. The van der Waals surface area contributed by atoms with Crippen LogP contribution < -0.4 is 0 Å². The van der Waals surface area contributed by atoms with Crippen molar-refractivity contribution in [1.29, 1.82) is 5.26 Å². The van der Waals surface area contributed by atoms with E-state index in [0.29, 0.717) is 5.92 Å². The van der Waals surface area contributed by atoms with Crippen LogP contribution in [0.25, 0.3) is 11.1 Å². The van der Waals surface area contributed by atoms with Crippen molar-refractivity contribution >= 4 is 6.09 Å². The van der Waals surface area contributed by atoms with E-state index < -0.39 is 11.6 Å². The molecule has 1 heterocycles. The number of pyridine rings is 1. The molecule has 0 spiro atoms. The number of nitrogens with zero attached hydrogens (tertiary/aromatic N) is 3. The van der Waals surface area contributed by atoms with Gasteiger partial charge in [0.15, 0.2) is 0 Å². The van der Waals surface area contributed by atoms with Crippen molar-refractivity contribution in [2.24, 2.45) is 5.92 Å². The average Bonchev–Trinajstić information content (AvgIpc) is 2.68. The summed E-state index contributed by atoms with van der Waals surface area (Å²) >= 11 is 0. The van der Waals surface area contributed by atoms with Crippen molar-refractivity contribution in [2.45, 2.75) is 86.2 Å². The number of hydrogen-bond donors (Lipinski definition) is 1. The lowest BCUT2D eigenvalue weighted by molar-refractivity contribution is 0.0954. The van der Waals surface area contributed by atoms with Crippen LogP contribution in [0.3, 0.4) is 0 Å². The molecule has 2 rings (SSSR count). The van der Waals surface area contributed by atoms with Gasteiger partial charge in [0.25, 0.3) is 0 Å². The van der Waals surface area contributed by atoms with Crippen LogP contribution in [0.5, 0.6) is 0 Å². The van der Waals surface area contributed by atoms with Gasteiger partial charge >= 0.3 is 6.09 Å². The summed E-state index contributed by atoms with van der Waals surface area (Å²) in [6.45, 7) is 14.4. The zero-order chi connectivity index (χ0) is 24.1. The maximum atomic E-state index is 12.2. The fraction of sp³-hybridized carbons (Fsp3) is 0.519. The number of carbonyl (C=O) groups is 1. The third-order valence-electron chi connectivity index (χ3n) is 5.61. The van der Waals surface area contributed by atoms with E-state index in [1.807, 2.05) is 27.7 Å². The lowest BCUT2D eigenvalue weighted by atomic mass is 9.87. The summed E-state index contributed by atoms with van der Waals surface area (Å²) in [4.78, 5) is 18.7. The molecular formula is C27H37N3O2. The van der Waals surface area contributed by atoms with E-state index in [9.17, 15) is 15.2 Å². The summed E-state index contributed by atoms with van der Waals surface area (Å²) in [6.07, 6.45) is 1.78. The molecular weight excluding hydrogens is 398 g/mol. The highest BCUT2D eigenvalue weighted by atomic mass is 16.4. The highest BCUT2D eigenvalue weighted by molar-refractivity contribution is 5.75. The number of carboxylic acid groups (broad SMARTS) is 1. The van der Waals surface area contributed by atoms with Gasteiger partial charge in [-0.2, -0.15) is 5.26 Å². The average molecular weight is 436 g/mol. The molecule has 1 aromatic heterocycles. The number of benzene rings is 1. The third-order valence-corrected chi connectivity index (χ3v) is 5.61. The molecule has 0 atom stereocenters. The summed E-state index contributed by atoms with van der Waals surface area (Å²) < 4.78 is 0. The monoisotopic (exact) mass is 435 g/mol. The molecule has 0 saturated heterocycles. The first-order chi connectivity index (χ1) is 15.0. The number of nitriles is 1. The Balaban J connectivity index is 2.92. The summed E-state index contributed by atoms with van der Waals surface area (Å²) in [6, 6.07) is 10.6. The first-order valence-electron chi connectivity index (χ1n) is 11.5. The van der Waals surface area contributed by atoms with Gasteiger partial charge < -0.3 is 5.11 Å². The standard InChI is InChI=1S/C27H37N3O2/c1-8-9-23-21(14-15-28)25(20-12-10-19(4)11-13-20)22(24(29-23)16-18(2)3)17-30(26(31)32)27(5,6)7/h10-13,18H,8-9,14,16-17H2,1-7H3,(H,31,32). The van der Waals surface area contributed by atoms with E-state index in [-0.39, 0.29) is 13.0 Å². The van der Waals surface area contributed by atoms with Crippen LogP contribution in [0.15, 0.2) is 24.3 Å². The van der Waals surface area contributed by atoms with E-state index >= 15 is 0 Å². The summed E-state index contributed by atoms with van der Waals surface area (Å²) in [7, 11) is 0. The van der Waals surface area contributed by atoms with Gasteiger partial charge in [-0.15, -0.1) is 0 Å². The van der Waals surface area contributed by atoms with Gasteiger partial charge in [0.2, 0.25) is 0 Å². The van der Waals surface area contributed by atoms with Crippen LogP contribution in [0, 0.1) is 24.2 Å². The lowest BCUT2D eigenvalue weighted by Crippen LogP contribution is -2.44. The van der Waals surface area contributed by atoms with Crippen molar-refractivity contribution in [3.8, 4) is 17.2 Å². The Morgan fingerprint density at radius 2 is 1.78 bits per heavy atom. The molecule has 0 aliphatic heterocycles. The molecule has 1 N–H and O–H groups in total. The molecule has 0 aliphatic rings. The lowest BCUT2D eigenvalue weighted by Gasteiger charge is -2.35. The quantitative estimate of drug-likeness (QED) is 0.510. The van der Waals surface area contributed by atoms with Crippen molar-refractivity contribution in [2.75, 3.05) is 0 Å². The Bertz CT molecular complexity index is 980. The molecule has 5 heteroatoms. The van der Waals surface area contributed by atoms with Gasteiger partial charge in [0.05, 0.1) is 19.0 Å². The molecule has 0 radical (unpaired) electrons. The largest absolute Gasteiger partial charge is 0.465 e. The Kier molecular flexibility index (Phi) is 8.44. The highest BCUT2D eigenvalue weighted by Gasteiger charge is 2.30. The topological polar surface area (TPSA) is 77.2 Å². The van der Waals surface area contributed by atoms with Gasteiger partial charge in [0.1, 0.15) is 0 Å². The van der Waals surface area contributed by atoms with Gasteiger partial charge in [-0.25, -0.2) is 4.79 Å². The summed E-state index contributed by atoms with van der Waals surface area (Å²) in [5.41, 5.74) is 6.34. The van der Waals surface area contributed by atoms with Crippen LogP contribution in [-0.4, -0.2) is 26.6 Å². The minimum Gasteiger partial charge on any atom is -0.465 e. The molecule has 1 amide bonds. The van der Waals surface area contributed by atoms with Gasteiger partial charge in [-0.05, 0) is 63.1 Å². The summed E-state index contributed by atoms with van der Waals surface area (Å²) in [5.74, 6) is 0.372. The fourth-order valence-electron chi connectivity index (χ4n) is 4.03. The molecule has 172 valence electrons. The third kappa shape index (κ3) is 6.09. The number of hydrogen-bond acceptors (Lipinski definition) is 3. The van der Waals surface area contributed by atoms with Crippen molar-refractivity contribution in [3.63, 3.8) is 0 Å². The second kappa shape index (κ2) is 10.6. The number of aryl methyl sites for hydroxylation is 2.